The van der Waals surface area contributed by atoms with E-state index in [0.717, 1.165) is 41.1 Å². The van der Waals surface area contributed by atoms with Gasteiger partial charge in [-0.15, -0.1) is 5.10 Å². The first-order valence-electron chi connectivity index (χ1n) is 6.91. The van der Waals surface area contributed by atoms with Crippen LogP contribution in [0.5, 0.6) is 0 Å². The van der Waals surface area contributed by atoms with Gasteiger partial charge in [0.15, 0.2) is 5.82 Å². The molecule has 0 aliphatic rings. The molecular weight excluding hydrogens is 286 g/mol. The van der Waals surface area contributed by atoms with Crippen LogP contribution in [0.2, 0.25) is 0 Å². The molecule has 2 aromatic rings. The van der Waals surface area contributed by atoms with E-state index >= 15 is 0 Å². The fourth-order valence-corrected chi connectivity index (χ4v) is 2.46. The fourth-order valence-electron chi connectivity index (χ4n) is 2.24. The average molecular weight is 305 g/mol. The van der Waals surface area contributed by atoms with Crippen LogP contribution in [0.4, 0.5) is 5.82 Å². The van der Waals surface area contributed by atoms with Gasteiger partial charge in [0.1, 0.15) is 16.4 Å². The number of anilines is 1. The Balaban J connectivity index is 2.32. The van der Waals surface area contributed by atoms with E-state index in [1.165, 1.54) is 0 Å². The van der Waals surface area contributed by atoms with Crippen molar-refractivity contribution in [2.45, 2.75) is 40.2 Å². The summed E-state index contributed by atoms with van der Waals surface area (Å²) in [6, 6.07) is 1.86. The van der Waals surface area contributed by atoms with Gasteiger partial charge in [0, 0.05) is 6.07 Å². The molecule has 0 saturated carbocycles. The number of aromatic nitrogens is 3. The second-order valence-corrected chi connectivity index (χ2v) is 5.14. The van der Waals surface area contributed by atoms with E-state index in [4.69, 9.17) is 22.5 Å². The third-order valence-corrected chi connectivity index (χ3v) is 3.41. The summed E-state index contributed by atoms with van der Waals surface area (Å²) >= 11 is 5.18. The van der Waals surface area contributed by atoms with Gasteiger partial charge in [0.2, 0.25) is 0 Å². The fraction of sp³-hybridized carbons (Fsp3) is 0.429. The summed E-state index contributed by atoms with van der Waals surface area (Å²) in [7, 11) is 0. The van der Waals surface area contributed by atoms with Crippen LogP contribution < -0.4 is 11.1 Å². The minimum Gasteiger partial charge on any atom is -0.389 e. The molecule has 0 aliphatic heterocycles. The second-order valence-electron chi connectivity index (χ2n) is 4.70. The van der Waals surface area contributed by atoms with Crippen LogP contribution in [0.15, 0.2) is 10.6 Å². The first kappa shape index (κ1) is 15.4. The highest BCUT2D eigenvalue weighted by molar-refractivity contribution is 7.80. The molecule has 112 valence electrons. The predicted octanol–water partition coefficient (Wildman–Crippen LogP) is 2.14. The molecule has 3 N–H and O–H groups in total. The summed E-state index contributed by atoms with van der Waals surface area (Å²) in [6.07, 6.45) is 1.61. The molecule has 2 rings (SSSR count). The SMILES string of the molecule is CCc1nnc(NCc2cc(C)on2)c(C(N)=S)c1CC. The Kier molecular flexibility index (Phi) is 4.85. The maximum absolute atomic E-state index is 5.88. The van der Waals surface area contributed by atoms with E-state index in [0.29, 0.717) is 17.4 Å². The van der Waals surface area contributed by atoms with Crippen molar-refractivity contribution in [1.82, 2.24) is 15.4 Å². The number of nitrogens with one attached hydrogen (secondary N) is 1. The minimum absolute atomic E-state index is 0.329. The number of nitrogens with two attached hydrogens (primary N) is 1. The largest absolute Gasteiger partial charge is 0.389 e. The van der Waals surface area contributed by atoms with E-state index in [-0.39, 0.29) is 0 Å². The Morgan fingerprint density at radius 3 is 2.62 bits per heavy atom. The van der Waals surface area contributed by atoms with Crippen molar-refractivity contribution in [3.8, 4) is 0 Å². The first-order chi connectivity index (χ1) is 10.1. The Hall–Kier alpha value is -2.02. The number of hydrogen-bond donors (Lipinski definition) is 2. The lowest BCUT2D eigenvalue weighted by atomic mass is 10.0. The van der Waals surface area contributed by atoms with Crippen LogP contribution in [0.1, 0.15) is 42.1 Å². The van der Waals surface area contributed by atoms with Crippen LogP contribution in [-0.2, 0) is 19.4 Å². The van der Waals surface area contributed by atoms with Gasteiger partial charge in [-0.3, -0.25) is 0 Å². The Morgan fingerprint density at radius 1 is 1.33 bits per heavy atom. The highest BCUT2D eigenvalue weighted by Crippen LogP contribution is 2.21. The summed E-state index contributed by atoms with van der Waals surface area (Å²) < 4.78 is 5.04. The zero-order valence-electron chi connectivity index (χ0n) is 12.4. The van der Waals surface area contributed by atoms with Gasteiger partial charge in [-0.2, -0.15) is 5.10 Å². The van der Waals surface area contributed by atoms with E-state index in [1.807, 2.05) is 19.9 Å². The minimum atomic E-state index is 0.329. The van der Waals surface area contributed by atoms with Gasteiger partial charge in [0.05, 0.1) is 17.8 Å². The third-order valence-electron chi connectivity index (χ3n) is 3.21. The number of aryl methyl sites for hydroxylation is 2. The molecule has 0 fully saturated rings. The van der Waals surface area contributed by atoms with Crippen molar-refractivity contribution in [3.63, 3.8) is 0 Å². The summed E-state index contributed by atoms with van der Waals surface area (Å²) in [5, 5.41) is 15.6. The lowest BCUT2D eigenvalue weighted by Gasteiger charge is -2.14. The van der Waals surface area contributed by atoms with Crippen LogP contribution in [-0.4, -0.2) is 20.3 Å². The van der Waals surface area contributed by atoms with Gasteiger partial charge < -0.3 is 15.6 Å². The third kappa shape index (κ3) is 3.36. The molecule has 0 aliphatic carbocycles. The van der Waals surface area contributed by atoms with E-state index in [2.05, 4.69) is 27.6 Å². The topological polar surface area (TPSA) is 89.9 Å². The molecule has 0 saturated heterocycles. The molecule has 2 heterocycles. The van der Waals surface area contributed by atoms with Crippen molar-refractivity contribution in [3.05, 3.63) is 34.3 Å². The van der Waals surface area contributed by atoms with Crippen LogP contribution >= 0.6 is 12.2 Å². The highest BCUT2D eigenvalue weighted by atomic mass is 32.1. The van der Waals surface area contributed by atoms with E-state index in [9.17, 15) is 0 Å². The summed E-state index contributed by atoms with van der Waals surface area (Å²) in [5.41, 5.74) is 9.43. The monoisotopic (exact) mass is 305 g/mol. The Morgan fingerprint density at radius 2 is 2.10 bits per heavy atom. The standard InChI is InChI=1S/C14H19N5OS/c1-4-10-11(5-2)17-18-14(12(10)13(15)21)16-7-9-6-8(3)20-19-9/h6H,4-5,7H2,1-3H3,(H2,15,21)(H,16,18). The molecule has 21 heavy (non-hydrogen) atoms. The molecule has 0 spiro atoms. The van der Waals surface area contributed by atoms with E-state index < -0.39 is 0 Å². The van der Waals surface area contributed by atoms with Crippen molar-refractivity contribution in [1.29, 1.82) is 0 Å². The van der Waals surface area contributed by atoms with Gasteiger partial charge in [0.25, 0.3) is 0 Å². The van der Waals surface area contributed by atoms with Crippen molar-refractivity contribution in [2.75, 3.05) is 5.32 Å². The van der Waals surface area contributed by atoms with Gasteiger partial charge >= 0.3 is 0 Å². The van der Waals surface area contributed by atoms with Crippen molar-refractivity contribution < 1.29 is 4.52 Å². The Labute approximate surface area is 129 Å². The van der Waals surface area contributed by atoms with Gasteiger partial charge in [-0.1, -0.05) is 31.2 Å². The molecule has 0 radical (unpaired) electrons. The molecule has 7 heteroatoms. The number of nitrogens with zero attached hydrogens (tertiary/aromatic N) is 3. The van der Waals surface area contributed by atoms with Crippen molar-refractivity contribution >= 4 is 23.0 Å². The summed E-state index contributed by atoms with van der Waals surface area (Å²) in [4.78, 5) is 0.329. The second kappa shape index (κ2) is 6.62. The lowest BCUT2D eigenvalue weighted by Crippen LogP contribution is -2.19. The smallest absolute Gasteiger partial charge is 0.159 e. The zero-order chi connectivity index (χ0) is 15.4. The molecule has 0 unspecified atom stereocenters. The predicted molar refractivity (Wildman–Crippen MR) is 85.2 cm³/mol. The van der Waals surface area contributed by atoms with Crippen LogP contribution in [0.3, 0.4) is 0 Å². The number of hydrogen-bond acceptors (Lipinski definition) is 6. The van der Waals surface area contributed by atoms with Crippen LogP contribution in [0, 0.1) is 6.92 Å². The van der Waals surface area contributed by atoms with Crippen LogP contribution in [0.25, 0.3) is 0 Å². The maximum Gasteiger partial charge on any atom is 0.159 e. The molecule has 0 amide bonds. The number of rotatable bonds is 6. The first-order valence-corrected chi connectivity index (χ1v) is 7.31. The summed E-state index contributed by atoms with van der Waals surface area (Å²) in [5.74, 6) is 1.36. The molecular formula is C14H19N5OS. The van der Waals surface area contributed by atoms with Gasteiger partial charge in [-0.05, 0) is 25.3 Å². The zero-order valence-corrected chi connectivity index (χ0v) is 13.3. The normalized spacial score (nSPS) is 10.6. The molecule has 0 aromatic carbocycles. The van der Waals surface area contributed by atoms with E-state index in [1.54, 1.807) is 0 Å². The maximum atomic E-state index is 5.88. The quantitative estimate of drug-likeness (QED) is 0.790. The molecule has 2 aromatic heterocycles. The average Bonchev–Trinajstić information content (AvgIpc) is 2.89. The highest BCUT2D eigenvalue weighted by Gasteiger charge is 2.16. The lowest BCUT2D eigenvalue weighted by molar-refractivity contribution is 0.391. The molecule has 0 bridgehead atoms. The summed E-state index contributed by atoms with van der Waals surface area (Å²) in [6.45, 7) is 6.43. The Bertz CT molecular complexity index is 653. The molecule has 6 nitrogen and oxygen atoms in total. The van der Waals surface area contributed by atoms with Gasteiger partial charge in [-0.25, -0.2) is 0 Å². The number of thiocarbonyl (C=S) groups is 1. The van der Waals surface area contributed by atoms with Crippen molar-refractivity contribution in [2.24, 2.45) is 5.73 Å². The molecule has 0 atom stereocenters.